The van der Waals surface area contributed by atoms with Crippen molar-refractivity contribution < 1.29 is 9.53 Å². The molecule has 20 heavy (non-hydrogen) atoms. The van der Waals surface area contributed by atoms with Gasteiger partial charge in [0.15, 0.2) is 0 Å². The summed E-state index contributed by atoms with van der Waals surface area (Å²) in [7, 11) is 0. The van der Waals surface area contributed by atoms with Gasteiger partial charge in [-0.25, -0.2) is 0 Å². The molecule has 0 aliphatic rings. The van der Waals surface area contributed by atoms with Crippen LogP contribution in [0.2, 0.25) is 0 Å². The standard InChI is InChI=1S/C17H27NO2/c1-5-20-16(19)7-6-12-18-13-14-8-10-15(11-9-14)17(2,3)4/h8-11,18H,5-7,12-13H2,1-4H3. The summed E-state index contributed by atoms with van der Waals surface area (Å²) in [6.45, 7) is 10.6. The molecule has 112 valence electrons. The molecule has 0 spiro atoms. The van der Waals surface area contributed by atoms with Gasteiger partial charge in [0.1, 0.15) is 0 Å². The average Bonchev–Trinajstić information content (AvgIpc) is 2.38. The zero-order valence-electron chi connectivity index (χ0n) is 13.2. The maximum absolute atomic E-state index is 11.2. The summed E-state index contributed by atoms with van der Waals surface area (Å²) < 4.78 is 4.89. The van der Waals surface area contributed by atoms with E-state index in [1.54, 1.807) is 0 Å². The van der Waals surface area contributed by atoms with Crippen LogP contribution in [-0.4, -0.2) is 19.1 Å². The molecule has 0 fully saturated rings. The van der Waals surface area contributed by atoms with Crippen LogP contribution in [0.5, 0.6) is 0 Å². The highest BCUT2D eigenvalue weighted by Crippen LogP contribution is 2.22. The second-order valence-corrected chi connectivity index (χ2v) is 6.03. The smallest absolute Gasteiger partial charge is 0.305 e. The summed E-state index contributed by atoms with van der Waals surface area (Å²) in [6.07, 6.45) is 1.31. The third kappa shape index (κ3) is 6.20. The van der Waals surface area contributed by atoms with Gasteiger partial charge in [-0.3, -0.25) is 4.79 Å². The fraction of sp³-hybridized carbons (Fsp3) is 0.588. The number of benzene rings is 1. The summed E-state index contributed by atoms with van der Waals surface area (Å²) in [5.41, 5.74) is 2.82. The van der Waals surface area contributed by atoms with Gasteiger partial charge in [-0.2, -0.15) is 0 Å². The topological polar surface area (TPSA) is 38.3 Å². The molecule has 0 unspecified atom stereocenters. The maximum Gasteiger partial charge on any atom is 0.305 e. The van der Waals surface area contributed by atoms with Crippen LogP contribution in [0.15, 0.2) is 24.3 Å². The molecule has 0 aliphatic carbocycles. The van der Waals surface area contributed by atoms with Crippen LogP contribution in [0.4, 0.5) is 0 Å². The predicted molar refractivity (Wildman–Crippen MR) is 82.7 cm³/mol. The van der Waals surface area contributed by atoms with Crippen molar-refractivity contribution >= 4 is 5.97 Å². The molecule has 1 N–H and O–H groups in total. The summed E-state index contributed by atoms with van der Waals surface area (Å²) in [5, 5.41) is 3.35. The Bertz CT molecular complexity index is 404. The Hall–Kier alpha value is -1.35. The number of nitrogens with one attached hydrogen (secondary N) is 1. The highest BCUT2D eigenvalue weighted by Gasteiger charge is 2.12. The van der Waals surface area contributed by atoms with Crippen molar-refractivity contribution in [3.63, 3.8) is 0 Å². The van der Waals surface area contributed by atoms with E-state index in [1.165, 1.54) is 11.1 Å². The van der Waals surface area contributed by atoms with E-state index in [0.29, 0.717) is 13.0 Å². The molecule has 0 saturated carbocycles. The molecule has 1 rings (SSSR count). The fourth-order valence-electron chi connectivity index (χ4n) is 1.95. The highest BCUT2D eigenvalue weighted by atomic mass is 16.5. The van der Waals surface area contributed by atoms with Crippen molar-refractivity contribution in [2.45, 2.75) is 52.5 Å². The summed E-state index contributed by atoms with van der Waals surface area (Å²) >= 11 is 0. The molecule has 3 nitrogen and oxygen atoms in total. The lowest BCUT2D eigenvalue weighted by Crippen LogP contribution is -2.17. The van der Waals surface area contributed by atoms with Gasteiger partial charge in [0.2, 0.25) is 0 Å². The first-order chi connectivity index (χ1) is 9.43. The Labute approximate surface area is 122 Å². The van der Waals surface area contributed by atoms with Crippen molar-refractivity contribution in [1.82, 2.24) is 5.32 Å². The van der Waals surface area contributed by atoms with Crippen LogP contribution in [0, 0.1) is 0 Å². The lowest BCUT2D eigenvalue weighted by molar-refractivity contribution is -0.143. The Morgan fingerprint density at radius 1 is 1.20 bits per heavy atom. The van der Waals surface area contributed by atoms with Crippen molar-refractivity contribution in [2.24, 2.45) is 0 Å². The molecule has 0 atom stereocenters. The molecule has 0 amide bonds. The van der Waals surface area contributed by atoms with Gasteiger partial charge in [-0.05, 0) is 36.4 Å². The number of rotatable bonds is 7. The molecule has 1 aromatic carbocycles. The first-order valence-corrected chi connectivity index (χ1v) is 7.39. The van der Waals surface area contributed by atoms with Crippen molar-refractivity contribution in [3.8, 4) is 0 Å². The molecule has 3 heteroatoms. The minimum atomic E-state index is -0.108. The van der Waals surface area contributed by atoms with Crippen LogP contribution < -0.4 is 5.32 Å². The van der Waals surface area contributed by atoms with E-state index in [4.69, 9.17) is 4.74 Å². The number of hydrogen-bond donors (Lipinski definition) is 1. The van der Waals surface area contributed by atoms with Gasteiger partial charge >= 0.3 is 5.97 Å². The number of hydrogen-bond acceptors (Lipinski definition) is 3. The van der Waals surface area contributed by atoms with E-state index < -0.39 is 0 Å². The van der Waals surface area contributed by atoms with Gasteiger partial charge in [0.05, 0.1) is 6.61 Å². The predicted octanol–water partition coefficient (Wildman–Crippen LogP) is 3.42. The molecule has 0 radical (unpaired) electrons. The first kappa shape index (κ1) is 16.7. The van der Waals surface area contributed by atoms with Gasteiger partial charge in [-0.1, -0.05) is 45.0 Å². The minimum Gasteiger partial charge on any atom is -0.466 e. The van der Waals surface area contributed by atoms with Gasteiger partial charge in [-0.15, -0.1) is 0 Å². The molecular weight excluding hydrogens is 250 g/mol. The van der Waals surface area contributed by atoms with E-state index in [0.717, 1.165) is 19.5 Å². The van der Waals surface area contributed by atoms with E-state index >= 15 is 0 Å². The van der Waals surface area contributed by atoms with Crippen LogP contribution in [0.3, 0.4) is 0 Å². The Balaban J connectivity index is 2.24. The zero-order valence-corrected chi connectivity index (χ0v) is 13.2. The average molecular weight is 277 g/mol. The molecule has 0 saturated heterocycles. The van der Waals surface area contributed by atoms with Crippen LogP contribution in [0.1, 0.15) is 51.7 Å². The molecular formula is C17H27NO2. The molecule has 0 bridgehead atoms. The van der Waals surface area contributed by atoms with E-state index in [9.17, 15) is 4.79 Å². The lowest BCUT2D eigenvalue weighted by atomic mass is 9.87. The second-order valence-electron chi connectivity index (χ2n) is 6.03. The largest absolute Gasteiger partial charge is 0.466 e. The monoisotopic (exact) mass is 277 g/mol. The molecule has 0 heterocycles. The quantitative estimate of drug-likeness (QED) is 0.613. The van der Waals surface area contributed by atoms with Gasteiger partial charge < -0.3 is 10.1 Å². The lowest BCUT2D eigenvalue weighted by Gasteiger charge is -2.19. The van der Waals surface area contributed by atoms with Gasteiger partial charge in [0, 0.05) is 13.0 Å². The fourth-order valence-corrected chi connectivity index (χ4v) is 1.95. The molecule has 0 aromatic heterocycles. The molecule has 1 aromatic rings. The Morgan fingerprint density at radius 3 is 2.40 bits per heavy atom. The van der Waals surface area contributed by atoms with Crippen molar-refractivity contribution in [1.29, 1.82) is 0 Å². The third-order valence-electron chi connectivity index (χ3n) is 3.19. The summed E-state index contributed by atoms with van der Waals surface area (Å²) in [6, 6.07) is 8.71. The van der Waals surface area contributed by atoms with Crippen LogP contribution >= 0.6 is 0 Å². The van der Waals surface area contributed by atoms with E-state index in [1.807, 2.05) is 6.92 Å². The van der Waals surface area contributed by atoms with Crippen molar-refractivity contribution in [3.05, 3.63) is 35.4 Å². The third-order valence-corrected chi connectivity index (χ3v) is 3.19. The summed E-state index contributed by atoms with van der Waals surface area (Å²) in [4.78, 5) is 11.2. The van der Waals surface area contributed by atoms with E-state index in [2.05, 4.69) is 50.4 Å². The van der Waals surface area contributed by atoms with Crippen LogP contribution in [-0.2, 0) is 21.5 Å². The second kappa shape index (κ2) is 8.05. The van der Waals surface area contributed by atoms with Crippen molar-refractivity contribution in [2.75, 3.05) is 13.2 Å². The van der Waals surface area contributed by atoms with Gasteiger partial charge in [0.25, 0.3) is 0 Å². The number of carbonyl (C=O) groups is 1. The minimum absolute atomic E-state index is 0.108. The Kier molecular flexibility index (Phi) is 6.73. The molecule has 0 aliphatic heterocycles. The normalized spacial score (nSPS) is 11.4. The highest BCUT2D eigenvalue weighted by molar-refractivity contribution is 5.69. The first-order valence-electron chi connectivity index (χ1n) is 7.39. The SMILES string of the molecule is CCOC(=O)CCCNCc1ccc(C(C)(C)C)cc1. The zero-order chi connectivity index (χ0) is 15.0. The van der Waals surface area contributed by atoms with Crippen LogP contribution in [0.25, 0.3) is 0 Å². The Morgan fingerprint density at radius 2 is 1.85 bits per heavy atom. The maximum atomic E-state index is 11.2. The van der Waals surface area contributed by atoms with E-state index in [-0.39, 0.29) is 11.4 Å². The number of esters is 1. The summed E-state index contributed by atoms with van der Waals surface area (Å²) in [5.74, 6) is -0.108. The number of carbonyl (C=O) groups excluding carboxylic acids is 1. The number of ether oxygens (including phenoxy) is 1.